The van der Waals surface area contributed by atoms with E-state index in [0.29, 0.717) is 18.4 Å². The maximum absolute atomic E-state index is 12.8. The van der Waals surface area contributed by atoms with Crippen molar-refractivity contribution in [3.8, 4) is 0 Å². The van der Waals surface area contributed by atoms with Gasteiger partial charge in [-0.25, -0.2) is 11.0 Å². The third-order valence-corrected chi connectivity index (χ3v) is 3.39. The number of nitrogens with one attached hydrogen (secondary N) is 1. The molecule has 17 heavy (non-hydrogen) atoms. The molecule has 90 valence electrons. The summed E-state index contributed by atoms with van der Waals surface area (Å²) in [5.41, 5.74) is -0.146. The molecule has 0 aromatic heterocycles. The van der Waals surface area contributed by atoms with E-state index in [-0.39, 0.29) is 5.82 Å². The standard InChI is InChI=1S/C13H15FN2O/c1-15-13(6-8-16-9-7-13)12(17)10-2-4-11(14)5-3-10/h2-5,12,16-17H,6-9H2. The topological polar surface area (TPSA) is 36.6 Å². The van der Waals surface area contributed by atoms with Crippen LogP contribution < -0.4 is 5.32 Å². The van der Waals surface area contributed by atoms with Crippen LogP contribution in [0, 0.1) is 12.4 Å². The van der Waals surface area contributed by atoms with Gasteiger partial charge in [0.1, 0.15) is 5.82 Å². The van der Waals surface area contributed by atoms with Crippen LogP contribution in [0.5, 0.6) is 0 Å². The molecule has 2 rings (SSSR count). The maximum atomic E-state index is 12.8. The van der Waals surface area contributed by atoms with Gasteiger partial charge in [0, 0.05) is 25.9 Å². The molecule has 0 bridgehead atoms. The molecule has 0 spiro atoms. The third-order valence-electron chi connectivity index (χ3n) is 3.39. The Morgan fingerprint density at radius 1 is 1.29 bits per heavy atom. The van der Waals surface area contributed by atoms with E-state index < -0.39 is 11.6 Å². The van der Waals surface area contributed by atoms with Crippen LogP contribution in [-0.2, 0) is 0 Å². The van der Waals surface area contributed by atoms with E-state index in [9.17, 15) is 9.50 Å². The molecule has 1 aliphatic rings. The number of aliphatic hydroxyl groups excluding tert-OH is 1. The number of halogens is 1. The van der Waals surface area contributed by atoms with Gasteiger partial charge in [-0.05, 0) is 17.7 Å². The lowest BCUT2D eigenvalue weighted by molar-refractivity contribution is 0.0862. The molecule has 1 aromatic rings. The summed E-state index contributed by atoms with van der Waals surface area (Å²) in [6.07, 6.45) is 0.395. The fourth-order valence-electron chi connectivity index (χ4n) is 2.26. The Balaban J connectivity index is 2.25. The molecule has 4 heteroatoms. The fourth-order valence-corrected chi connectivity index (χ4v) is 2.26. The van der Waals surface area contributed by atoms with Gasteiger partial charge in [-0.1, -0.05) is 12.1 Å². The minimum absolute atomic E-state index is 0.330. The molecule has 0 saturated carbocycles. The van der Waals surface area contributed by atoms with Crippen molar-refractivity contribution >= 4 is 0 Å². The molecule has 1 aliphatic heterocycles. The maximum Gasteiger partial charge on any atom is 0.264 e. The van der Waals surface area contributed by atoms with E-state index in [4.69, 9.17) is 6.57 Å². The lowest BCUT2D eigenvalue weighted by atomic mass is 9.80. The Morgan fingerprint density at radius 2 is 1.88 bits per heavy atom. The molecule has 1 atom stereocenters. The monoisotopic (exact) mass is 234 g/mol. The predicted octanol–water partition coefficient (Wildman–Crippen LogP) is 1.90. The van der Waals surface area contributed by atoms with Gasteiger partial charge in [0.2, 0.25) is 0 Å². The van der Waals surface area contributed by atoms with Crippen LogP contribution >= 0.6 is 0 Å². The van der Waals surface area contributed by atoms with E-state index in [1.54, 1.807) is 12.1 Å². The molecule has 2 N–H and O–H groups in total. The Kier molecular flexibility index (Phi) is 3.41. The van der Waals surface area contributed by atoms with E-state index in [1.165, 1.54) is 12.1 Å². The summed E-state index contributed by atoms with van der Waals surface area (Å²) in [4.78, 5) is 3.64. The molecule has 1 heterocycles. The van der Waals surface area contributed by atoms with Crippen molar-refractivity contribution in [1.29, 1.82) is 0 Å². The van der Waals surface area contributed by atoms with Crippen molar-refractivity contribution in [1.82, 2.24) is 5.32 Å². The van der Waals surface area contributed by atoms with Gasteiger partial charge in [0.25, 0.3) is 5.54 Å². The van der Waals surface area contributed by atoms with Gasteiger partial charge in [0.05, 0.1) is 0 Å². The van der Waals surface area contributed by atoms with E-state index in [2.05, 4.69) is 10.2 Å². The average molecular weight is 234 g/mol. The fraction of sp³-hybridized carbons (Fsp3) is 0.462. The van der Waals surface area contributed by atoms with Crippen molar-refractivity contribution in [2.75, 3.05) is 13.1 Å². The highest BCUT2D eigenvalue weighted by atomic mass is 19.1. The minimum Gasteiger partial charge on any atom is -0.380 e. The molecule has 3 nitrogen and oxygen atoms in total. The summed E-state index contributed by atoms with van der Waals surface area (Å²) in [5.74, 6) is -0.330. The minimum atomic E-state index is -0.845. The molecular formula is C13H15FN2O. The molecule has 1 aromatic carbocycles. The quantitative estimate of drug-likeness (QED) is 0.767. The number of benzene rings is 1. The Morgan fingerprint density at radius 3 is 2.41 bits per heavy atom. The van der Waals surface area contributed by atoms with E-state index in [1.807, 2.05) is 0 Å². The van der Waals surface area contributed by atoms with Crippen molar-refractivity contribution in [2.24, 2.45) is 0 Å². The van der Waals surface area contributed by atoms with Gasteiger partial charge < -0.3 is 15.3 Å². The first-order valence-electron chi connectivity index (χ1n) is 5.71. The Bertz CT molecular complexity index is 418. The SMILES string of the molecule is [C-]#[N+]C1(C(O)c2ccc(F)cc2)CCNCC1. The molecule has 0 amide bonds. The summed E-state index contributed by atoms with van der Waals surface area (Å²) in [6.45, 7) is 8.80. The van der Waals surface area contributed by atoms with Crippen LogP contribution in [-0.4, -0.2) is 23.7 Å². The van der Waals surface area contributed by atoms with E-state index in [0.717, 1.165) is 13.1 Å². The summed E-state index contributed by atoms with van der Waals surface area (Å²) >= 11 is 0. The van der Waals surface area contributed by atoms with Crippen LogP contribution in [0.1, 0.15) is 24.5 Å². The number of piperidine rings is 1. The van der Waals surface area contributed by atoms with Gasteiger partial charge in [-0.15, -0.1) is 0 Å². The zero-order valence-corrected chi connectivity index (χ0v) is 9.49. The van der Waals surface area contributed by atoms with Crippen molar-refractivity contribution < 1.29 is 9.50 Å². The number of nitrogens with zero attached hydrogens (tertiary/aromatic N) is 1. The zero-order chi connectivity index (χ0) is 12.3. The first-order chi connectivity index (χ1) is 8.18. The van der Waals surface area contributed by atoms with Gasteiger partial charge in [-0.3, -0.25) is 0 Å². The highest BCUT2D eigenvalue weighted by Crippen LogP contribution is 2.36. The largest absolute Gasteiger partial charge is 0.380 e. The van der Waals surface area contributed by atoms with Crippen LogP contribution in [0.2, 0.25) is 0 Å². The summed E-state index contributed by atoms with van der Waals surface area (Å²) < 4.78 is 12.8. The van der Waals surface area contributed by atoms with E-state index >= 15 is 0 Å². The second-order valence-electron chi connectivity index (χ2n) is 4.42. The highest BCUT2D eigenvalue weighted by molar-refractivity contribution is 5.25. The number of hydrogen-bond donors (Lipinski definition) is 2. The summed E-state index contributed by atoms with van der Waals surface area (Å²) in [7, 11) is 0. The third kappa shape index (κ3) is 2.31. The van der Waals surface area contributed by atoms with Crippen LogP contribution in [0.3, 0.4) is 0 Å². The zero-order valence-electron chi connectivity index (χ0n) is 9.49. The number of rotatable bonds is 2. The summed E-state index contributed by atoms with van der Waals surface area (Å²) in [6, 6.07) is 5.73. The van der Waals surface area contributed by atoms with Crippen molar-refractivity contribution in [3.05, 3.63) is 47.1 Å². The Hall–Kier alpha value is -1.44. The molecule has 1 unspecified atom stereocenters. The molecule has 0 radical (unpaired) electrons. The van der Waals surface area contributed by atoms with Gasteiger partial charge in [-0.2, -0.15) is 0 Å². The molecule has 0 aliphatic carbocycles. The van der Waals surface area contributed by atoms with Crippen molar-refractivity contribution in [2.45, 2.75) is 24.5 Å². The average Bonchev–Trinajstić information content (AvgIpc) is 2.39. The predicted molar refractivity (Wildman–Crippen MR) is 62.8 cm³/mol. The lowest BCUT2D eigenvalue weighted by Gasteiger charge is -2.31. The van der Waals surface area contributed by atoms with Gasteiger partial charge >= 0.3 is 0 Å². The van der Waals surface area contributed by atoms with Crippen molar-refractivity contribution in [3.63, 3.8) is 0 Å². The first-order valence-corrected chi connectivity index (χ1v) is 5.71. The van der Waals surface area contributed by atoms with Gasteiger partial charge in [0.15, 0.2) is 6.10 Å². The normalized spacial score (nSPS) is 20.5. The molecule has 1 fully saturated rings. The van der Waals surface area contributed by atoms with Crippen LogP contribution in [0.25, 0.3) is 4.85 Å². The second-order valence-corrected chi connectivity index (χ2v) is 4.42. The smallest absolute Gasteiger partial charge is 0.264 e. The van der Waals surface area contributed by atoms with Crippen LogP contribution in [0.4, 0.5) is 4.39 Å². The highest BCUT2D eigenvalue weighted by Gasteiger charge is 2.46. The Labute approximate surface area is 100 Å². The molecule has 1 saturated heterocycles. The number of aliphatic hydroxyl groups is 1. The molecular weight excluding hydrogens is 219 g/mol. The first kappa shape index (κ1) is 12.0. The summed E-state index contributed by atoms with van der Waals surface area (Å²) in [5, 5.41) is 13.5. The number of hydrogen-bond acceptors (Lipinski definition) is 2. The van der Waals surface area contributed by atoms with Crippen LogP contribution in [0.15, 0.2) is 24.3 Å². The second kappa shape index (κ2) is 4.82. The lowest BCUT2D eigenvalue weighted by Crippen LogP contribution is -2.43.